The van der Waals surface area contributed by atoms with Gasteiger partial charge in [0.15, 0.2) is 0 Å². The number of nitrogens with zero attached hydrogens (tertiary/aromatic N) is 2. The molecule has 1 aromatic heterocycles. The average Bonchev–Trinajstić information content (AvgIpc) is 2.91. The van der Waals surface area contributed by atoms with Crippen LogP contribution in [0.2, 0.25) is 0 Å². The van der Waals surface area contributed by atoms with E-state index in [-0.39, 0.29) is 5.91 Å². The summed E-state index contributed by atoms with van der Waals surface area (Å²) in [5, 5.41) is 3.06. The second kappa shape index (κ2) is 5.82. The number of carbonyl (C=O) groups is 1. The molecule has 0 bridgehead atoms. The molecule has 2 rings (SSSR count). The summed E-state index contributed by atoms with van der Waals surface area (Å²) in [6, 6.07) is 0.384. The van der Waals surface area contributed by atoms with E-state index in [1.165, 1.54) is 12.8 Å². The average molecular weight is 236 g/mol. The van der Waals surface area contributed by atoms with Crippen molar-refractivity contribution in [3.8, 4) is 0 Å². The number of hydrogen-bond donors (Lipinski definition) is 2. The van der Waals surface area contributed by atoms with Gasteiger partial charge in [0.25, 0.3) is 0 Å². The van der Waals surface area contributed by atoms with Gasteiger partial charge in [-0.15, -0.1) is 0 Å². The van der Waals surface area contributed by atoms with Crippen LogP contribution in [0.4, 0.5) is 0 Å². The summed E-state index contributed by atoms with van der Waals surface area (Å²) in [5.74, 6) is 0.0774. The molecule has 1 fully saturated rings. The molecule has 0 unspecified atom stereocenters. The molecular weight excluding hydrogens is 216 g/mol. The van der Waals surface area contributed by atoms with Gasteiger partial charge < -0.3 is 15.6 Å². The van der Waals surface area contributed by atoms with Crippen molar-refractivity contribution in [3.05, 3.63) is 18.2 Å². The molecule has 1 heterocycles. The topological polar surface area (TPSA) is 72.9 Å². The predicted molar refractivity (Wildman–Crippen MR) is 65.4 cm³/mol. The molecule has 5 heteroatoms. The lowest BCUT2D eigenvalue weighted by molar-refractivity contribution is -0.122. The fourth-order valence-electron chi connectivity index (χ4n) is 2.28. The first-order valence-corrected chi connectivity index (χ1v) is 6.28. The Morgan fingerprint density at radius 2 is 2.29 bits per heavy atom. The van der Waals surface area contributed by atoms with Crippen LogP contribution in [-0.4, -0.2) is 28.0 Å². The summed E-state index contributed by atoms with van der Waals surface area (Å²) in [6.07, 6.45) is 9.05. The van der Waals surface area contributed by atoms with Crippen molar-refractivity contribution < 1.29 is 4.79 Å². The Bertz CT molecular complexity index is 368. The van der Waals surface area contributed by atoms with Gasteiger partial charge in [0.2, 0.25) is 5.91 Å². The number of aromatic nitrogens is 2. The van der Waals surface area contributed by atoms with Gasteiger partial charge >= 0.3 is 0 Å². The van der Waals surface area contributed by atoms with Crippen LogP contribution < -0.4 is 11.1 Å². The summed E-state index contributed by atoms with van der Waals surface area (Å²) in [6.45, 7) is 0.944. The molecule has 0 aromatic carbocycles. The van der Waals surface area contributed by atoms with Gasteiger partial charge in [-0.25, -0.2) is 4.98 Å². The quantitative estimate of drug-likeness (QED) is 0.779. The normalized spacial score (nSPS) is 16.3. The van der Waals surface area contributed by atoms with Crippen LogP contribution in [0, 0.1) is 0 Å². The summed E-state index contributed by atoms with van der Waals surface area (Å²) in [4.78, 5) is 15.9. The molecule has 0 aliphatic heterocycles. The minimum absolute atomic E-state index is 0.0774. The minimum Gasteiger partial charge on any atom is -0.352 e. The van der Waals surface area contributed by atoms with E-state index in [1.807, 2.05) is 10.8 Å². The molecule has 1 saturated carbocycles. The fourth-order valence-corrected chi connectivity index (χ4v) is 2.28. The summed E-state index contributed by atoms with van der Waals surface area (Å²) >= 11 is 0. The summed E-state index contributed by atoms with van der Waals surface area (Å²) < 4.78 is 1.81. The largest absolute Gasteiger partial charge is 0.352 e. The van der Waals surface area contributed by atoms with E-state index in [2.05, 4.69) is 10.3 Å². The number of rotatable bonds is 5. The van der Waals surface area contributed by atoms with Crippen LogP contribution in [0.3, 0.4) is 0 Å². The molecule has 94 valence electrons. The van der Waals surface area contributed by atoms with Gasteiger partial charge in [-0.05, 0) is 19.4 Å². The van der Waals surface area contributed by atoms with Gasteiger partial charge in [0.05, 0.1) is 12.0 Å². The van der Waals surface area contributed by atoms with Crippen LogP contribution in [0.5, 0.6) is 0 Å². The summed E-state index contributed by atoms with van der Waals surface area (Å²) in [5.41, 5.74) is 6.40. The minimum atomic E-state index is 0.0774. The fraction of sp³-hybridized carbons (Fsp3) is 0.667. The SMILES string of the molecule is NCCc1cn(CC(=O)NC2CCCC2)cn1. The van der Waals surface area contributed by atoms with Gasteiger partial charge in [0, 0.05) is 18.7 Å². The van der Waals surface area contributed by atoms with Crippen molar-refractivity contribution in [2.24, 2.45) is 5.73 Å². The van der Waals surface area contributed by atoms with E-state index in [1.54, 1.807) is 6.33 Å². The standard InChI is InChI=1S/C12H20N4O/c13-6-5-11-7-16(9-14-11)8-12(17)15-10-3-1-2-4-10/h7,9-10H,1-6,8,13H2,(H,15,17). The lowest BCUT2D eigenvalue weighted by Crippen LogP contribution is -2.34. The van der Waals surface area contributed by atoms with Crippen molar-refractivity contribution >= 4 is 5.91 Å². The molecule has 1 aliphatic carbocycles. The first-order chi connectivity index (χ1) is 8.28. The maximum absolute atomic E-state index is 11.8. The molecule has 0 radical (unpaired) electrons. The molecule has 1 amide bonds. The lowest BCUT2D eigenvalue weighted by Gasteiger charge is -2.11. The van der Waals surface area contributed by atoms with Gasteiger partial charge in [-0.2, -0.15) is 0 Å². The van der Waals surface area contributed by atoms with Crippen molar-refractivity contribution in [1.29, 1.82) is 0 Å². The van der Waals surface area contributed by atoms with E-state index in [4.69, 9.17) is 5.73 Å². The highest BCUT2D eigenvalue weighted by atomic mass is 16.2. The van der Waals surface area contributed by atoms with Gasteiger partial charge in [0.1, 0.15) is 6.54 Å². The molecule has 1 aromatic rings. The van der Waals surface area contributed by atoms with E-state index in [0.29, 0.717) is 19.1 Å². The smallest absolute Gasteiger partial charge is 0.240 e. The van der Waals surface area contributed by atoms with E-state index in [0.717, 1.165) is 25.0 Å². The third-order valence-electron chi connectivity index (χ3n) is 3.13. The molecular formula is C12H20N4O. The Labute approximate surface area is 101 Å². The molecule has 3 N–H and O–H groups in total. The van der Waals surface area contributed by atoms with Crippen molar-refractivity contribution in [2.75, 3.05) is 6.54 Å². The van der Waals surface area contributed by atoms with E-state index >= 15 is 0 Å². The Hall–Kier alpha value is -1.36. The van der Waals surface area contributed by atoms with Crippen molar-refractivity contribution in [2.45, 2.75) is 44.7 Å². The maximum Gasteiger partial charge on any atom is 0.240 e. The van der Waals surface area contributed by atoms with Crippen molar-refractivity contribution in [3.63, 3.8) is 0 Å². The number of nitrogens with two attached hydrogens (primary N) is 1. The molecule has 17 heavy (non-hydrogen) atoms. The first-order valence-electron chi connectivity index (χ1n) is 6.28. The zero-order chi connectivity index (χ0) is 12.1. The van der Waals surface area contributed by atoms with E-state index < -0.39 is 0 Å². The number of nitrogens with one attached hydrogen (secondary N) is 1. The number of hydrogen-bond acceptors (Lipinski definition) is 3. The van der Waals surface area contributed by atoms with Crippen LogP contribution >= 0.6 is 0 Å². The molecule has 5 nitrogen and oxygen atoms in total. The van der Waals surface area contributed by atoms with Crippen LogP contribution in [0.25, 0.3) is 0 Å². The second-order valence-corrected chi connectivity index (χ2v) is 4.62. The maximum atomic E-state index is 11.8. The Morgan fingerprint density at radius 3 is 3.00 bits per heavy atom. The number of imidazole rings is 1. The monoisotopic (exact) mass is 236 g/mol. The highest BCUT2D eigenvalue weighted by molar-refractivity contribution is 5.76. The highest BCUT2D eigenvalue weighted by Crippen LogP contribution is 2.17. The van der Waals surface area contributed by atoms with E-state index in [9.17, 15) is 4.79 Å². The Morgan fingerprint density at radius 1 is 1.53 bits per heavy atom. The van der Waals surface area contributed by atoms with Gasteiger partial charge in [-0.1, -0.05) is 12.8 Å². The molecule has 0 saturated heterocycles. The van der Waals surface area contributed by atoms with Gasteiger partial charge in [-0.3, -0.25) is 4.79 Å². The Balaban J connectivity index is 1.80. The number of amides is 1. The molecule has 1 aliphatic rings. The van der Waals surface area contributed by atoms with Crippen LogP contribution in [0.15, 0.2) is 12.5 Å². The first kappa shape index (κ1) is 12.1. The highest BCUT2D eigenvalue weighted by Gasteiger charge is 2.17. The van der Waals surface area contributed by atoms with Crippen LogP contribution in [-0.2, 0) is 17.8 Å². The predicted octanol–water partition coefficient (Wildman–Crippen LogP) is 0.443. The Kier molecular flexibility index (Phi) is 4.14. The second-order valence-electron chi connectivity index (χ2n) is 4.62. The number of carbonyl (C=O) groups excluding carboxylic acids is 1. The summed E-state index contributed by atoms with van der Waals surface area (Å²) in [7, 11) is 0. The third-order valence-corrected chi connectivity index (χ3v) is 3.13. The third kappa shape index (κ3) is 3.56. The molecule has 0 atom stereocenters. The van der Waals surface area contributed by atoms with Crippen LogP contribution in [0.1, 0.15) is 31.4 Å². The van der Waals surface area contributed by atoms with Crippen molar-refractivity contribution in [1.82, 2.24) is 14.9 Å². The molecule has 0 spiro atoms. The zero-order valence-electron chi connectivity index (χ0n) is 10.1. The lowest BCUT2D eigenvalue weighted by atomic mass is 10.2. The zero-order valence-corrected chi connectivity index (χ0v) is 10.1.